The van der Waals surface area contributed by atoms with E-state index < -0.39 is 28.5 Å². The van der Waals surface area contributed by atoms with Gasteiger partial charge in [-0.2, -0.15) is 5.10 Å². The maximum Gasteiger partial charge on any atom is 0.280 e. The Labute approximate surface area is 143 Å². The summed E-state index contributed by atoms with van der Waals surface area (Å²) in [5.41, 5.74) is -0.160. The molecule has 3 aromatic rings. The largest absolute Gasteiger partial charge is 0.280 e. The van der Waals surface area contributed by atoms with E-state index in [0.717, 1.165) is 22.9 Å². The molecule has 0 fully saturated rings. The number of nitro groups is 1. The molecule has 0 spiro atoms. The van der Waals surface area contributed by atoms with E-state index in [4.69, 9.17) is 11.6 Å². The molecule has 0 amide bonds. The van der Waals surface area contributed by atoms with Crippen molar-refractivity contribution in [2.75, 3.05) is 0 Å². The molecule has 10 heteroatoms. The van der Waals surface area contributed by atoms with Crippen LogP contribution in [0, 0.1) is 15.9 Å². The topological polar surface area (TPSA) is 73.8 Å². The Hall–Kier alpha value is -2.94. The summed E-state index contributed by atoms with van der Waals surface area (Å²) in [4.78, 5) is 13.5. The number of nitro benzene ring substituents is 1. The molecule has 0 aliphatic carbocycles. The van der Waals surface area contributed by atoms with Gasteiger partial charge in [-0.25, -0.2) is 22.8 Å². The molecule has 0 N–H and O–H groups in total. The van der Waals surface area contributed by atoms with E-state index in [1.807, 2.05) is 0 Å². The van der Waals surface area contributed by atoms with Crippen molar-refractivity contribution in [1.82, 2.24) is 14.8 Å². The van der Waals surface area contributed by atoms with Crippen molar-refractivity contribution in [3.05, 3.63) is 69.5 Å². The lowest BCUT2D eigenvalue weighted by atomic mass is 10.1. The summed E-state index contributed by atoms with van der Waals surface area (Å²) < 4.78 is 40.8. The molecule has 1 aromatic carbocycles. The third-order valence-electron chi connectivity index (χ3n) is 3.34. The van der Waals surface area contributed by atoms with E-state index in [1.165, 1.54) is 24.5 Å². The van der Waals surface area contributed by atoms with Crippen molar-refractivity contribution in [2.24, 2.45) is 0 Å². The lowest BCUT2D eigenvalue weighted by molar-refractivity contribution is -0.385. The first-order valence-corrected chi connectivity index (χ1v) is 7.18. The average Bonchev–Trinajstić information content (AvgIpc) is 3.03. The SMILES string of the molecule is O=[N+]([O-])c1ccc(-n2cc(-c3cc(Cl)nc(C(F)F)c3)cn2)c(F)c1. The standard InChI is InChI=1S/C15H8ClF3N4O2/c16-14-4-8(3-12(21-14)15(18)19)9-6-20-22(7-9)13-2-1-10(23(24)25)5-11(13)17/h1-7,15H. The minimum atomic E-state index is -2.79. The lowest BCUT2D eigenvalue weighted by Gasteiger charge is -2.04. The molecule has 0 radical (unpaired) electrons. The van der Waals surface area contributed by atoms with Crippen LogP contribution in [0.25, 0.3) is 16.8 Å². The molecule has 0 atom stereocenters. The van der Waals surface area contributed by atoms with E-state index >= 15 is 0 Å². The second-order valence-electron chi connectivity index (χ2n) is 4.97. The Morgan fingerprint density at radius 2 is 1.96 bits per heavy atom. The van der Waals surface area contributed by atoms with Gasteiger partial charge in [0.2, 0.25) is 0 Å². The van der Waals surface area contributed by atoms with E-state index in [-0.39, 0.29) is 10.8 Å². The molecule has 25 heavy (non-hydrogen) atoms. The van der Waals surface area contributed by atoms with E-state index in [9.17, 15) is 23.3 Å². The van der Waals surface area contributed by atoms with Crippen molar-refractivity contribution in [3.8, 4) is 16.8 Å². The Kier molecular flexibility index (Phi) is 4.41. The zero-order valence-electron chi connectivity index (χ0n) is 12.2. The summed E-state index contributed by atoms with van der Waals surface area (Å²) in [6.07, 6.45) is -0.0629. The third kappa shape index (κ3) is 3.45. The van der Waals surface area contributed by atoms with Crippen molar-refractivity contribution in [3.63, 3.8) is 0 Å². The van der Waals surface area contributed by atoms with Crippen LogP contribution in [0.5, 0.6) is 0 Å². The van der Waals surface area contributed by atoms with E-state index in [0.29, 0.717) is 11.1 Å². The number of non-ortho nitro benzene ring substituents is 1. The molecule has 128 valence electrons. The number of pyridine rings is 1. The molecule has 2 heterocycles. The molecule has 0 saturated heterocycles. The second-order valence-corrected chi connectivity index (χ2v) is 5.36. The summed E-state index contributed by atoms with van der Waals surface area (Å²) in [7, 11) is 0. The van der Waals surface area contributed by atoms with Crippen molar-refractivity contribution in [1.29, 1.82) is 0 Å². The van der Waals surface area contributed by atoms with Gasteiger partial charge in [-0.15, -0.1) is 0 Å². The lowest BCUT2D eigenvalue weighted by Crippen LogP contribution is -1.99. The molecule has 6 nitrogen and oxygen atoms in total. The number of hydrogen-bond donors (Lipinski definition) is 0. The first kappa shape index (κ1) is 16.9. The highest BCUT2D eigenvalue weighted by Crippen LogP contribution is 2.28. The van der Waals surface area contributed by atoms with Crippen LogP contribution < -0.4 is 0 Å². The summed E-state index contributed by atoms with van der Waals surface area (Å²) in [5, 5.41) is 14.5. The molecular weight excluding hydrogens is 361 g/mol. The number of nitrogens with zero attached hydrogens (tertiary/aromatic N) is 4. The van der Waals surface area contributed by atoms with Gasteiger partial charge in [-0.1, -0.05) is 11.6 Å². The van der Waals surface area contributed by atoms with E-state index in [2.05, 4.69) is 10.1 Å². The van der Waals surface area contributed by atoms with Gasteiger partial charge in [0.15, 0.2) is 5.82 Å². The van der Waals surface area contributed by atoms with Gasteiger partial charge in [0.1, 0.15) is 16.5 Å². The molecule has 3 rings (SSSR count). The fraction of sp³-hybridized carbons (Fsp3) is 0.0667. The molecular formula is C15H8ClF3N4O2. The Bertz CT molecular complexity index is 962. The fourth-order valence-corrected chi connectivity index (χ4v) is 2.41. The predicted molar refractivity (Wildman–Crippen MR) is 83.4 cm³/mol. The third-order valence-corrected chi connectivity index (χ3v) is 3.54. The van der Waals surface area contributed by atoms with Crippen molar-refractivity contribution >= 4 is 17.3 Å². The van der Waals surface area contributed by atoms with Crippen LogP contribution in [0.4, 0.5) is 18.9 Å². The van der Waals surface area contributed by atoms with Crippen LogP contribution in [0.2, 0.25) is 5.15 Å². The maximum absolute atomic E-state index is 14.0. The van der Waals surface area contributed by atoms with Crippen LogP contribution >= 0.6 is 11.6 Å². The average molecular weight is 369 g/mol. The highest BCUT2D eigenvalue weighted by atomic mass is 35.5. The number of halogens is 4. The zero-order chi connectivity index (χ0) is 18.1. The van der Waals surface area contributed by atoms with Crippen molar-refractivity contribution in [2.45, 2.75) is 6.43 Å². The van der Waals surface area contributed by atoms with Gasteiger partial charge in [-0.05, 0) is 23.8 Å². The number of hydrogen-bond acceptors (Lipinski definition) is 4. The van der Waals surface area contributed by atoms with Crippen LogP contribution in [-0.4, -0.2) is 19.7 Å². The predicted octanol–water partition coefficient (Wildman–Crippen LogP) is 4.57. The smallest absolute Gasteiger partial charge is 0.258 e. The summed E-state index contributed by atoms with van der Waals surface area (Å²) in [6, 6.07) is 5.65. The van der Waals surface area contributed by atoms with Gasteiger partial charge in [-0.3, -0.25) is 10.1 Å². The van der Waals surface area contributed by atoms with Crippen molar-refractivity contribution < 1.29 is 18.1 Å². The fourth-order valence-electron chi connectivity index (χ4n) is 2.19. The number of benzene rings is 1. The number of aromatic nitrogens is 3. The summed E-state index contributed by atoms with van der Waals surface area (Å²) in [6.45, 7) is 0. The van der Waals surface area contributed by atoms with Gasteiger partial charge in [0.25, 0.3) is 12.1 Å². The van der Waals surface area contributed by atoms with Gasteiger partial charge in [0.05, 0.1) is 17.2 Å². The zero-order valence-corrected chi connectivity index (χ0v) is 13.0. The van der Waals surface area contributed by atoms with Gasteiger partial charge < -0.3 is 0 Å². The molecule has 2 aromatic heterocycles. The highest BCUT2D eigenvalue weighted by molar-refractivity contribution is 6.29. The Balaban J connectivity index is 2.00. The van der Waals surface area contributed by atoms with Crippen LogP contribution in [0.15, 0.2) is 42.7 Å². The molecule has 0 unspecified atom stereocenters. The highest BCUT2D eigenvalue weighted by Gasteiger charge is 2.15. The first-order valence-electron chi connectivity index (χ1n) is 6.80. The Morgan fingerprint density at radius 3 is 2.60 bits per heavy atom. The number of rotatable bonds is 4. The Morgan fingerprint density at radius 1 is 1.20 bits per heavy atom. The van der Waals surface area contributed by atoms with Crippen LogP contribution in [-0.2, 0) is 0 Å². The maximum atomic E-state index is 14.0. The minimum absolute atomic E-state index is 0.0221. The van der Waals surface area contributed by atoms with Crippen LogP contribution in [0.3, 0.4) is 0 Å². The molecule has 0 aliphatic rings. The second kappa shape index (κ2) is 6.52. The molecule has 0 bridgehead atoms. The minimum Gasteiger partial charge on any atom is -0.258 e. The first-order chi connectivity index (χ1) is 11.8. The van der Waals surface area contributed by atoms with Gasteiger partial charge in [0, 0.05) is 17.8 Å². The summed E-state index contributed by atoms with van der Waals surface area (Å²) in [5.74, 6) is -0.843. The van der Waals surface area contributed by atoms with Crippen LogP contribution in [0.1, 0.15) is 12.1 Å². The van der Waals surface area contributed by atoms with Gasteiger partial charge >= 0.3 is 0 Å². The number of alkyl halides is 2. The molecule has 0 saturated carbocycles. The summed E-state index contributed by atoms with van der Waals surface area (Å²) >= 11 is 5.74. The van der Waals surface area contributed by atoms with E-state index in [1.54, 1.807) is 0 Å². The quantitative estimate of drug-likeness (QED) is 0.384. The monoisotopic (exact) mass is 368 g/mol. The normalized spacial score (nSPS) is 11.1. The molecule has 0 aliphatic heterocycles.